The lowest BCUT2D eigenvalue weighted by Crippen LogP contribution is -2.44. The summed E-state index contributed by atoms with van der Waals surface area (Å²) in [5.74, 6) is 0.754. The fourth-order valence-corrected chi connectivity index (χ4v) is 5.84. The molecule has 4 N–H and O–H groups in total. The number of piperidine rings is 1. The van der Waals surface area contributed by atoms with Crippen LogP contribution in [0, 0.1) is 5.92 Å². The van der Waals surface area contributed by atoms with E-state index in [9.17, 15) is 13.2 Å². The number of rotatable bonds is 7. The van der Waals surface area contributed by atoms with Crippen LogP contribution in [0.2, 0.25) is 0 Å². The minimum atomic E-state index is -3.70. The quantitative estimate of drug-likeness (QED) is 0.613. The smallest absolute Gasteiger partial charge is 0.315 e. The summed E-state index contributed by atoms with van der Waals surface area (Å²) in [6, 6.07) is 7.19. The Bertz CT molecular complexity index is 872. The van der Waals surface area contributed by atoms with E-state index in [2.05, 4.69) is 33.9 Å². The highest BCUT2D eigenvalue weighted by Gasteiger charge is 2.25. The number of carbonyl (C=O) groups excluding carboxylic acids is 1. The van der Waals surface area contributed by atoms with Gasteiger partial charge in [-0.3, -0.25) is 4.90 Å². The van der Waals surface area contributed by atoms with Crippen molar-refractivity contribution in [1.82, 2.24) is 15.5 Å². The number of sulfonamides is 1. The number of likely N-dealkylation sites (tertiary alicyclic amines) is 1. The van der Waals surface area contributed by atoms with Crippen molar-refractivity contribution < 1.29 is 13.2 Å². The fraction of sp³-hybridized carbons (Fsp3) is 0.500. The van der Waals surface area contributed by atoms with Gasteiger partial charge in [-0.05, 0) is 55.4 Å². The maximum atomic E-state index is 12.3. The Kier molecular flexibility index (Phi) is 7.10. The minimum Gasteiger partial charge on any atom is -0.336 e. The Morgan fingerprint density at radius 2 is 2.04 bits per heavy atom. The van der Waals surface area contributed by atoms with Crippen LogP contribution in [0.5, 0.6) is 0 Å². The maximum Gasteiger partial charge on any atom is 0.315 e. The van der Waals surface area contributed by atoms with E-state index in [-0.39, 0.29) is 22.8 Å². The molecule has 0 spiro atoms. The molecular weight excluding hydrogens is 416 g/mol. The largest absolute Gasteiger partial charge is 0.336 e. The summed E-state index contributed by atoms with van der Waals surface area (Å²) in [6.45, 7) is 5.16. The van der Waals surface area contributed by atoms with Gasteiger partial charge in [0.15, 0.2) is 0 Å². The van der Waals surface area contributed by atoms with E-state index in [1.807, 2.05) is 6.07 Å². The summed E-state index contributed by atoms with van der Waals surface area (Å²) >= 11 is 2.78. The molecular formula is C18H26N4O3S3. The van der Waals surface area contributed by atoms with Crippen LogP contribution in [0.3, 0.4) is 0 Å². The fourth-order valence-electron chi connectivity index (χ4n) is 3.26. The molecule has 154 valence electrons. The number of nitrogens with one attached hydrogen (secondary N) is 2. The zero-order valence-electron chi connectivity index (χ0n) is 15.8. The summed E-state index contributed by atoms with van der Waals surface area (Å²) in [4.78, 5) is 16.7. The third-order valence-electron chi connectivity index (χ3n) is 4.93. The van der Waals surface area contributed by atoms with Gasteiger partial charge in [-0.1, -0.05) is 13.0 Å². The molecule has 1 fully saturated rings. The summed E-state index contributed by atoms with van der Waals surface area (Å²) < 4.78 is 22.8. The van der Waals surface area contributed by atoms with E-state index in [1.54, 1.807) is 17.4 Å². The SMILES string of the molecule is CC1CCN([C@@H](CNC(=O)NCc2ccc(S(N)(=O)=O)s2)c2cccs2)CC1. The molecule has 0 unspecified atom stereocenters. The van der Waals surface area contributed by atoms with Crippen LogP contribution in [0.25, 0.3) is 0 Å². The van der Waals surface area contributed by atoms with Crippen molar-refractivity contribution in [2.24, 2.45) is 11.1 Å². The van der Waals surface area contributed by atoms with E-state index in [0.717, 1.165) is 35.2 Å². The molecule has 2 amide bonds. The topological polar surface area (TPSA) is 105 Å². The van der Waals surface area contributed by atoms with Crippen LogP contribution in [-0.2, 0) is 16.6 Å². The number of nitrogens with two attached hydrogens (primary N) is 1. The predicted octanol–water partition coefficient (Wildman–Crippen LogP) is 2.73. The first-order valence-electron chi connectivity index (χ1n) is 9.23. The van der Waals surface area contributed by atoms with Gasteiger partial charge in [0.05, 0.1) is 12.6 Å². The second-order valence-corrected chi connectivity index (χ2v) is 11.0. The molecule has 0 radical (unpaired) electrons. The highest BCUT2D eigenvalue weighted by atomic mass is 32.2. The second-order valence-electron chi connectivity index (χ2n) is 7.08. The summed E-state index contributed by atoms with van der Waals surface area (Å²) in [6.07, 6.45) is 2.36. The Hall–Kier alpha value is -1.46. The van der Waals surface area contributed by atoms with Gasteiger partial charge in [0.25, 0.3) is 0 Å². The maximum absolute atomic E-state index is 12.3. The van der Waals surface area contributed by atoms with Crippen molar-refractivity contribution in [3.63, 3.8) is 0 Å². The zero-order valence-corrected chi connectivity index (χ0v) is 18.2. The van der Waals surface area contributed by atoms with Crippen LogP contribution in [-0.4, -0.2) is 39.0 Å². The summed E-state index contributed by atoms with van der Waals surface area (Å²) in [7, 11) is -3.70. The van der Waals surface area contributed by atoms with E-state index in [0.29, 0.717) is 6.54 Å². The number of primary sulfonamides is 1. The number of carbonyl (C=O) groups is 1. The molecule has 2 aromatic heterocycles. The Labute approximate surface area is 174 Å². The second kappa shape index (κ2) is 9.36. The van der Waals surface area contributed by atoms with Crippen molar-refractivity contribution in [2.45, 2.75) is 36.6 Å². The minimum absolute atomic E-state index is 0.0989. The highest BCUT2D eigenvalue weighted by molar-refractivity contribution is 7.91. The van der Waals surface area contributed by atoms with E-state index >= 15 is 0 Å². The van der Waals surface area contributed by atoms with Crippen LogP contribution < -0.4 is 15.8 Å². The molecule has 1 aliphatic heterocycles. The van der Waals surface area contributed by atoms with Gasteiger partial charge in [-0.25, -0.2) is 18.4 Å². The predicted molar refractivity (Wildman–Crippen MR) is 113 cm³/mol. The Morgan fingerprint density at radius 1 is 1.29 bits per heavy atom. The van der Waals surface area contributed by atoms with Gasteiger partial charge in [0.1, 0.15) is 4.21 Å². The van der Waals surface area contributed by atoms with Crippen LogP contribution in [0.1, 0.15) is 35.6 Å². The average molecular weight is 443 g/mol. The first kappa shape index (κ1) is 21.3. The molecule has 10 heteroatoms. The molecule has 28 heavy (non-hydrogen) atoms. The molecule has 0 bridgehead atoms. The molecule has 0 saturated carbocycles. The van der Waals surface area contributed by atoms with Crippen molar-refractivity contribution >= 4 is 38.7 Å². The monoisotopic (exact) mass is 442 g/mol. The summed E-state index contributed by atoms with van der Waals surface area (Å²) in [5, 5.41) is 12.9. The Morgan fingerprint density at radius 3 is 2.64 bits per heavy atom. The lowest BCUT2D eigenvalue weighted by atomic mass is 9.97. The number of thiophene rings is 2. The number of hydrogen-bond acceptors (Lipinski definition) is 6. The van der Waals surface area contributed by atoms with Gasteiger partial charge in [-0.15, -0.1) is 22.7 Å². The molecule has 1 atom stereocenters. The van der Waals surface area contributed by atoms with E-state index in [4.69, 9.17) is 5.14 Å². The Balaban J connectivity index is 1.53. The number of hydrogen-bond donors (Lipinski definition) is 3. The number of urea groups is 1. The average Bonchev–Trinajstić information content (AvgIpc) is 3.33. The number of nitrogens with zero attached hydrogens (tertiary/aromatic N) is 1. The molecule has 3 rings (SSSR count). The van der Waals surface area contributed by atoms with Crippen LogP contribution in [0.4, 0.5) is 4.79 Å². The van der Waals surface area contributed by atoms with Gasteiger partial charge in [0.2, 0.25) is 10.0 Å². The molecule has 7 nitrogen and oxygen atoms in total. The zero-order chi connectivity index (χ0) is 20.1. The lowest BCUT2D eigenvalue weighted by molar-refractivity contribution is 0.138. The molecule has 3 heterocycles. The molecule has 1 aliphatic rings. The van der Waals surface area contributed by atoms with E-state index in [1.165, 1.54) is 23.8 Å². The normalized spacial score (nSPS) is 17.4. The van der Waals surface area contributed by atoms with Crippen molar-refractivity contribution in [3.05, 3.63) is 39.4 Å². The molecule has 0 aromatic carbocycles. The van der Waals surface area contributed by atoms with Gasteiger partial charge in [0, 0.05) is 16.3 Å². The highest BCUT2D eigenvalue weighted by Crippen LogP contribution is 2.29. The van der Waals surface area contributed by atoms with Gasteiger partial charge in [-0.2, -0.15) is 0 Å². The lowest BCUT2D eigenvalue weighted by Gasteiger charge is -2.36. The first-order valence-corrected chi connectivity index (χ1v) is 12.5. The number of amides is 2. The van der Waals surface area contributed by atoms with E-state index < -0.39 is 10.0 Å². The van der Waals surface area contributed by atoms with Crippen molar-refractivity contribution in [3.8, 4) is 0 Å². The standard InChI is InChI=1S/C18H26N4O3S3/c1-13-6-8-22(9-7-13)15(16-3-2-10-26-16)12-21-18(23)20-11-14-4-5-17(27-14)28(19,24)25/h2-5,10,13,15H,6-9,11-12H2,1H3,(H2,19,24,25)(H2,20,21,23)/t15-/m0/s1. The third kappa shape index (κ3) is 5.77. The van der Waals surface area contributed by atoms with Crippen molar-refractivity contribution in [1.29, 1.82) is 0 Å². The van der Waals surface area contributed by atoms with Gasteiger partial charge >= 0.3 is 6.03 Å². The van der Waals surface area contributed by atoms with Crippen LogP contribution >= 0.6 is 22.7 Å². The van der Waals surface area contributed by atoms with Gasteiger partial charge < -0.3 is 10.6 Å². The molecule has 0 aliphatic carbocycles. The first-order chi connectivity index (χ1) is 13.3. The van der Waals surface area contributed by atoms with Crippen LogP contribution in [0.15, 0.2) is 33.9 Å². The molecule has 1 saturated heterocycles. The summed E-state index contributed by atoms with van der Waals surface area (Å²) in [5.41, 5.74) is 0. The molecule has 2 aromatic rings. The van der Waals surface area contributed by atoms with Crippen molar-refractivity contribution in [2.75, 3.05) is 19.6 Å². The third-order valence-corrected chi connectivity index (χ3v) is 8.42.